The predicted octanol–water partition coefficient (Wildman–Crippen LogP) is 2.14. The van der Waals surface area contributed by atoms with Crippen LogP contribution in [0.5, 0.6) is 0 Å². The van der Waals surface area contributed by atoms with Gasteiger partial charge in [0.15, 0.2) is 0 Å². The van der Waals surface area contributed by atoms with Crippen molar-refractivity contribution in [3.05, 3.63) is 52.8 Å². The van der Waals surface area contributed by atoms with Crippen molar-refractivity contribution in [3.8, 4) is 0 Å². The lowest BCUT2D eigenvalue weighted by molar-refractivity contribution is 0.645. The zero-order valence-electron chi connectivity index (χ0n) is 7.73. The Bertz CT molecular complexity index is 643. The van der Waals surface area contributed by atoms with E-state index in [0.717, 1.165) is 0 Å². The summed E-state index contributed by atoms with van der Waals surface area (Å²) in [6, 6.07) is 11.3. The highest BCUT2D eigenvalue weighted by atomic mass is 16.3. The zero-order chi connectivity index (χ0) is 10.3. The molecule has 0 aliphatic heterocycles. The molecule has 71 valence electrons. The molecule has 0 spiro atoms. The average Bonchev–Trinajstić information content (AvgIpc) is 2.30. The fourth-order valence-electron chi connectivity index (χ4n) is 1.58. The maximum Gasteiger partial charge on any atom is 0.230 e. The van der Waals surface area contributed by atoms with Crippen LogP contribution >= 0.6 is 0 Å². The van der Waals surface area contributed by atoms with Gasteiger partial charge in [-0.3, -0.25) is 4.79 Å². The third-order valence-corrected chi connectivity index (χ3v) is 2.29. The van der Waals surface area contributed by atoms with Crippen molar-refractivity contribution in [1.82, 2.24) is 4.98 Å². The van der Waals surface area contributed by atoms with Crippen LogP contribution in [0.25, 0.3) is 22.1 Å². The number of hydrogen-bond acceptors (Lipinski definition) is 3. The molecule has 0 saturated heterocycles. The molecule has 3 heteroatoms. The van der Waals surface area contributed by atoms with Crippen LogP contribution in [0, 0.1) is 6.07 Å². The van der Waals surface area contributed by atoms with Crippen LogP contribution in [0.4, 0.5) is 0 Å². The molecule has 0 aliphatic carbocycles. The Morgan fingerprint density at radius 3 is 3.13 bits per heavy atom. The summed E-state index contributed by atoms with van der Waals surface area (Å²) in [4.78, 5) is 16.0. The Kier molecular flexibility index (Phi) is 1.59. The summed E-state index contributed by atoms with van der Waals surface area (Å²) in [5.41, 5.74) is 0.863. The van der Waals surface area contributed by atoms with E-state index in [1.54, 1.807) is 36.5 Å². The van der Waals surface area contributed by atoms with E-state index in [-0.39, 0.29) is 5.43 Å². The second kappa shape index (κ2) is 2.92. The smallest absolute Gasteiger partial charge is 0.230 e. The number of fused-ring (bicyclic) bond motifs is 2. The Labute approximate surface area is 85.0 Å². The van der Waals surface area contributed by atoms with Crippen molar-refractivity contribution in [2.75, 3.05) is 0 Å². The molecule has 0 N–H and O–H groups in total. The molecule has 2 aromatic heterocycles. The van der Waals surface area contributed by atoms with Gasteiger partial charge in [-0.15, -0.1) is 0 Å². The van der Waals surface area contributed by atoms with E-state index in [0.29, 0.717) is 22.1 Å². The molecule has 3 aromatic rings. The van der Waals surface area contributed by atoms with Crippen molar-refractivity contribution >= 4 is 22.1 Å². The lowest BCUT2D eigenvalue weighted by Crippen LogP contribution is -2.02. The number of benzene rings is 1. The second-order valence-corrected chi connectivity index (χ2v) is 3.21. The van der Waals surface area contributed by atoms with Gasteiger partial charge in [0.1, 0.15) is 5.58 Å². The molecule has 0 atom stereocenters. The first-order chi connectivity index (χ1) is 7.36. The molecule has 1 radical (unpaired) electrons. The van der Waals surface area contributed by atoms with Crippen molar-refractivity contribution < 1.29 is 4.42 Å². The van der Waals surface area contributed by atoms with Crippen LogP contribution in [0.2, 0.25) is 0 Å². The molecular formula is C12H6NO2. The molecule has 0 unspecified atom stereocenters. The maximum absolute atomic E-state index is 12.0. The third-order valence-electron chi connectivity index (χ3n) is 2.29. The highest BCUT2D eigenvalue weighted by molar-refractivity contribution is 5.87. The average molecular weight is 196 g/mol. The quantitative estimate of drug-likeness (QED) is 0.517. The van der Waals surface area contributed by atoms with E-state index in [4.69, 9.17) is 4.42 Å². The second-order valence-electron chi connectivity index (χ2n) is 3.21. The number of hydrogen-bond donors (Lipinski definition) is 0. The number of rotatable bonds is 0. The fourth-order valence-corrected chi connectivity index (χ4v) is 1.58. The van der Waals surface area contributed by atoms with Crippen molar-refractivity contribution in [1.29, 1.82) is 0 Å². The van der Waals surface area contributed by atoms with Crippen LogP contribution in [-0.4, -0.2) is 4.98 Å². The highest BCUT2D eigenvalue weighted by Crippen LogP contribution is 2.15. The van der Waals surface area contributed by atoms with E-state index in [2.05, 4.69) is 11.1 Å². The van der Waals surface area contributed by atoms with Crippen molar-refractivity contribution in [2.24, 2.45) is 0 Å². The van der Waals surface area contributed by atoms with Crippen LogP contribution in [-0.2, 0) is 0 Å². The van der Waals surface area contributed by atoms with Crippen LogP contribution in [0.1, 0.15) is 0 Å². The molecule has 2 heterocycles. The molecule has 0 saturated carbocycles. The minimum atomic E-state index is -0.0591. The van der Waals surface area contributed by atoms with Gasteiger partial charge >= 0.3 is 0 Å². The van der Waals surface area contributed by atoms with Crippen LogP contribution < -0.4 is 5.43 Å². The molecule has 0 bridgehead atoms. The predicted molar refractivity (Wildman–Crippen MR) is 56.6 cm³/mol. The molecule has 15 heavy (non-hydrogen) atoms. The summed E-state index contributed by atoms with van der Waals surface area (Å²) in [5.74, 6) is 0. The Hall–Kier alpha value is -2.16. The minimum Gasteiger partial charge on any atom is -0.437 e. The van der Waals surface area contributed by atoms with Gasteiger partial charge in [-0.25, -0.2) is 4.98 Å². The first-order valence-electron chi connectivity index (χ1n) is 4.54. The van der Waals surface area contributed by atoms with Gasteiger partial charge in [0, 0.05) is 6.20 Å². The van der Waals surface area contributed by atoms with Gasteiger partial charge in [-0.2, -0.15) is 0 Å². The first kappa shape index (κ1) is 8.17. The van der Waals surface area contributed by atoms with E-state index < -0.39 is 0 Å². The summed E-state index contributed by atoms with van der Waals surface area (Å²) in [6.45, 7) is 0. The van der Waals surface area contributed by atoms with Gasteiger partial charge in [0.05, 0.1) is 10.8 Å². The van der Waals surface area contributed by atoms with Gasteiger partial charge < -0.3 is 4.42 Å². The summed E-state index contributed by atoms with van der Waals surface area (Å²) >= 11 is 0. The van der Waals surface area contributed by atoms with Crippen LogP contribution in [0.3, 0.4) is 0 Å². The first-order valence-corrected chi connectivity index (χ1v) is 4.54. The molecule has 0 fully saturated rings. The molecular weight excluding hydrogens is 190 g/mol. The summed E-state index contributed by atoms with van der Waals surface area (Å²) in [7, 11) is 0. The summed E-state index contributed by atoms with van der Waals surface area (Å²) in [5, 5.41) is 1.04. The van der Waals surface area contributed by atoms with E-state index in [1.165, 1.54) is 0 Å². The molecule has 3 rings (SSSR count). The monoisotopic (exact) mass is 196 g/mol. The fraction of sp³-hybridized carbons (Fsp3) is 0. The lowest BCUT2D eigenvalue weighted by atomic mass is 10.2. The molecule has 1 aromatic carbocycles. The normalized spacial score (nSPS) is 10.9. The lowest BCUT2D eigenvalue weighted by Gasteiger charge is -1.98. The molecule has 0 amide bonds. The van der Waals surface area contributed by atoms with E-state index >= 15 is 0 Å². The summed E-state index contributed by atoms with van der Waals surface area (Å²) < 4.78 is 5.50. The van der Waals surface area contributed by atoms with Gasteiger partial charge in [0.2, 0.25) is 11.1 Å². The van der Waals surface area contributed by atoms with Crippen molar-refractivity contribution in [2.45, 2.75) is 0 Å². The van der Waals surface area contributed by atoms with Gasteiger partial charge in [-0.05, 0) is 30.3 Å². The third kappa shape index (κ3) is 1.13. The SMILES string of the molecule is O=c1c2c[c]ccc2oc2ncccc12. The van der Waals surface area contributed by atoms with E-state index in [9.17, 15) is 4.79 Å². The van der Waals surface area contributed by atoms with Crippen LogP contribution in [0.15, 0.2) is 45.7 Å². The number of pyridine rings is 1. The van der Waals surface area contributed by atoms with Gasteiger partial charge in [0.25, 0.3) is 0 Å². The van der Waals surface area contributed by atoms with Gasteiger partial charge in [-0.1, -0.05) is 6.07 Å². The Morgan fingerprint density at radius 2 is 2.20 bits per heavy atom. The maximum atomic E-state index is 12.0. The molecule has 0 aliphatic rings. The number of nitrogens with zero attached hydrogens (tertiary/aromatic N) is 1. The minimum absolute atomic E-state index is 0.0591. The van der Waals surface area contributed by atoms with Crippen molar-refractivity contribution in [3.63, 3.8) is 0 Å². The molecule has 3 nitrogen and oxygen atoms in total. The summed E-state index contributed by atoms with van der Waals surface area (Å²) in [6.07, 6.45) is 1.60. The standard InChI is InChI=1S/C12H6NO2/c14-11-8-4-1-2-6-10(8)15-12-9(11)5-3-7-13-12/h2-7H. The Morgan fingerprint density at radius 1 is 1.27 bits per heavy atom. The Balaban J connectivity index is 2.66. The topological polar surface area (TPSA) is 43.1 Å². The zero-order valence-corrected chi connectivity index (χ0v) is 7.73. The number of aromatic nitrogens is 1. The largest absolute Gasteiger partial charge is 0.437 e. The van der Waals surface area contributed by atoms with E-state index in [1.807, 2.05) is 0 Å². The highest BCUT2D eigenvalue weighted by Gasteiger charge is 2.06.